The zero-order valence-electron chi connectivity index (χ0n) is 11.0. The lowest BCUT2D eigenvalue weighted by molar-refractivity contribution is -0.137. The van der Waals surface area contributed by atoms with Gasteiger partial charge in [0.1, 0.15) is 6.04 Å². The summed E-state index contributed by atoms with van der Waals surface area (Å²) >= 11 is 0. The lowest BCUT2D eigenvalue weighted by Gasteiger charge is -2.19. The van der Waals surface area contributed by atoms with E-state index in [0.717, 1.165) is 18.2 Å². The monoisotopic (exact) mass is 288 g/mol. The third kappa shape index (κ3) is 3.97. The Kier molecular flexibility index (Phi) is 4.75. The van der Waals surface area contributed by atoms with E-state index in [1.165, 1.54) is 6.07 Å². The molecule has 0 fully saturated rings. The van der Waals surface area contributed by atoms with Crippen molar-refractivity contribution in [3.63, 3.8) is 0 Å². The van der Waals surface area contributed by atoms with Crippen LogP contribution in [0.25, 0.3) is 0 Å². The van der Waals surface area contributed by atoms with E-state index in [9.17, 15) is 22.8 Å². The minimum atomic E-state index is -4.53. The van der Waals surface area contributed by atoms with Crippen LogP contribution in [-0.4, -0.2) is 17.9 Å². The van der Waals surface area contributed by atoms with Gasteiger partial charge in [-0.25, -0.2) is 0 Å². The Bertz CT molecular complexity index is 513. The number of rotatable bonds is 4. The second-order valence-electron chi connectivity index (χ2n) is 4.68. The second-order valence-corrected chi connectivity index (χ2v) is 4.68. The Morgan fingerprint density at radius 3 is 2.30 bits per heavy atom. The Morgan fingerprint density at radius 1 is 1.25 bits per heavy atom. The highest BCUT2D eigenvalue weighted by atomic mass is 19.4. The van der Waals surface area contributed by atoms with Gasteiger partial charge in [-0.1, -0.05) is 19.9 Å². The highest BCUT2D eigenvalue weighted by Gasteiger charge is 2.31. The van der Waals surface area contributed by atoms with Crippen LogP contribution in [0.15, 0.2) is 24.3 Å². The average molecular weight is 288 g/mol. The molecular formula is C13H15F3N2O2. The summed E-state index contributed by atoms with van der Waals surface area (Å²) in [5, 5.41) is 2.33. The summed E-state index contributed by atoms with van der Waals surface area (Å²) in [5.41, 5.74) is 4.03. The molecule has 0 bridgehead atoms. The molecule has 1 aromatic carbocycles. The van der Waals surface area contributed by atoms with Crippen LogP contribution in [0.2, 0.25) is 0 Å². The van der Waals surface area contributed by atoms with Crippen molar-refractivity contribution < 1.29 is 22.8 Å². The van der Waals surface area contributed by atoms with Crippen LogP contribution in [0.1, 0.15) is 29.8 Å². The molecule has 1 aromatic rings. The van der Waals surface area contributed by atoms with Crippen LogP contribution < -0.4 is 11.1 Å². The molecule has 2 amide bonds. The van der Waals surface area contributed by atoms with E-state index in [1.54, 1.807) is 13.8 Å². The van der Waals surface area contributed by atoms with E-state index < -0.39 is 29.6 Å². The lowest BCUT2D eigenvalue weighted by atomic mass is 10.0. The summed E-state index contributed by atoms with van der Waals surface area (Å²) in [6.07, 6.45) is -4.53. The number of nitrogens with two attached hydrogens (primary N) is 1. The number of halogens is 3. The summed E-state index contributed by atoms with van der Waals surface area (Å²) in [4.78, 5) is 23.0. The van der Waals surface area contributed by atoms with Gasteiger partial charge < -0.3 is 11.1 Å². The van der Waals surface area contributed by atoms with Crippen LogP contribution >= 0.6 is 0 Å². The standard InChI is InChI=1S/C13H15F3N2O2/c1-7(2)10(11(17)19)18-12(20)8-4-3-5-9(6-8)13(14,15)16/h3-7,10H,1-2H3,(H2,17,19)(H,18,20)/t10-/m0/s1. The molecule has 0 saturated carbocycles. The maximum Gasteiger partial charge on any atom is 0.416 e. The van der Waals surface area contributed by atoms with Crippen molar-refractivity contribution in [2.24, 2.45) is 11.7 Å². The average Bonchev–Trinajstić information content (AvgIpc) is 2.34. The first-order valence-electron chi connectivity index (χ1n) is 5.90. The summed E-state index contributed by atoms with van der Waals surface area (Å²) in [7, 11) is 0. The number of carbonyl (C=O) groups is 2. The number of nitrogens with one attached hydrogen (secondary N) is 1. The quantitative estimate of drug-likeness (QED) is 0.888. The van der Waals surface area contributed by atoms with E-state index in [4.69, 9.17) is 5.73 Å². The number of alkyl halides is 3. The lowest BCUT2D eigenvalue weighted by Crippen LogP contribution is -2.47. The first-order valence-corrected chi connectivity index (χ1v) is 5.90. The van der Waals surface area contributed by atoms with Gasteiger partial charge in [0, 0.05) is 5.56 Å². The van der Waals surface area contributed by atoms with Gasteiger partial charge in [-0.05, 0) is 24.1 Å². The van der Waals surface area contributed by atoms with Crippen LogP contribution in [0.4, 0.5) is 13.2 Å². The summed E-state index contributed by atoms with van der Waals surface area (Å²) < 4.78 is 37.6. The van der Waals surface area contributed by atoms with Crippen molar-refractivity contribution in [3.05, 3.63) is 35.4 Å². The molecule has 0 aliphatic heterocycles. The Morgan fingerprint density at radius 2 is 1.85 bits per heavy atom. The summed E-state index contributed by atoms with van der Waals surface area (Å²) in [6.45, 7) is 3.34. The molecule has 1 rings (SSSR count). The molecule has 1 atom stereocenters. The molecule has 110 valence electrons. The van der Waals surface area contributed by atoms with Gasteiger partial charge in [0.25, 0.3) is 5.91 Å². The number of primary amides is 1. The molecule has 0 unspecified atom stereocenters. The fraction of sp³-hybridized carbons (Fsp3) is 0.385. The van der Waals surface area contributed by atoms with Crippen molar-refractivity contribution in [3.8, 4) is 0 Å². The predicted octanol–water partition coefficient (Wildman–Crippen LogP) is 1.95. The van der Waals surface area contributed by atoms with Crippen LogP contribution in [-0.2, 0) is 11.0 Å². The molecule has 0 aliphatic rings. The number of hydrogen-bond donors (Lipinski definition) is 2. The third-order valence-electron chi connectivity index (χ3n) is 2.71. The largest absolute Gasteiger partial charge is 0.416 e. The SMILES string of the molecule is CC(C)[C@H](NC(=O)c1cccc(C(F)(F)F)c1)C(N)=O. The van der Waals surface area contributed by atoms with Gasteiger partial charge in [0.15, 0.2) is 0 Å². The highest BCUT2D eigenvalue weighted by Crippen LogP contribution is 2.29. The Balaban J connectivity index is 2.96. The summed E-state index contributed by atoms with van der Waals surface area (Å²) in [6, 6.07) is 3.03. The highest BCUT2D eigenvalue weighted by molar-refractivity contribution is 5.97. The van der Waals surface area contributed by atoms with E-state index in [2.05, 4.69) is 5.32 Å². The van der Waals surface area contributed by atoms with Gasteiger partial charge in [-0.15, -0.1) is 0 Å². The van der Waals surface area contributed by atoms with E-state index in [0.29, 0.717) is 0 Å². The van der Waals surface area contributed by atoms with Crippen LogP contribution in [0.3, 0.4) is 0 Å². The van der Waals surface area contributed by atoms with E-state index >= 15 is 0 Å². The normalized spacial score (nSPS) is 13.1. The maximum absolute atomic E-state index is 12.5. The predicted molar refractivity (Wildman–Crippen MR) is 66.7 cm³/mol. The fourth-order valence-corrected chi connectivity index (χ4v) is 1.63. The van der Waals surface area contributed by atoms with Gasteiger partial charge in [0.2, 0.25) is 5.91 Å². The van der Waals surface area contributed by atoms with Gasteiger partial charge in [0.05, 0.1) is 5.56 Å². The molecule has 3 N–H and O–H groups in total. The van der Waals surface area contributed by atoms with Crippen LogP contribution in [0.5, 0.6) is 0 Å². The first kappa shape index (κ1) is 16.0. The maximum atomic E-state index is 12.5. The number of carbonyl (C=O) groups excluding carboxylic acids is 2. The van der Waals surface area contributed by atoms with Gasteiger partial charge >= 0.3 is 6.18 Å². The molecule has 0 heterocycles. The van der Waals surface area contributed by atoms with E-state index in [-0.39, 0.29) is 11.5 Å². The molecule has 0 spiro atoms. The molecule has 20 heavy (non-hydrogen) atoms. The van der Waals surface area contributed by atoms with Crippen molar-refractivity contribution in [1.29, 1.82) is 0 Å². The minimum absolute atomic E-state index is 0.174. The van der Waals surface area contributed by atoms with Crippen molar-refractivity contribution >= 4 is 11.8 Å². The number of amides is 2. The van der Waals surface area contributed by atoms with Crippen LogP contribution in [0, 0.1) is 5.92 Å². The van der Waals surface area contributed by atoms with Crippen molar-refractivity contribution in [2.75, 3.05) is 0 Å². The van der Waals surface area contributed by atoms with Crippen molar-refractivity contribution in [1.82, 2.24) is 5.32 Å². The third-order valence-corrected chi connectivity index (χ3v) is 2.71. The van der Waals surface area contributed by atoms with Gasteiger partial charge in [-0.3, -0.25) is 9.59 Å². The Hall–Kier alpha value is -2.05. The number of hydrogen-bond acceptors (Lipinski definition) is 2. The zero-order chi connectivity index (χ0) is 15.5. The molecule has 0 saturated heterocycles. The molecule has 4 nitrogen and oxygen atoms in total. The molecule has 0 radical (unpaired) electrons. The van der Waals surface area contributed by atoms with Gasteiger partial charge in [-0.2, -0.15) is 13.2 Å². The molecule has 0 aromatic heterocycles. The topological polar surface area (TPSA) is 72.2 Å². The molecule has 0 aliphatic carbocycles. The number of benzene rings is 1. The molecular weight excluding hydrogens is 273 g/mol. The fourth-order valence-electron chi connectivity index (χ4n) is 1.63. The zero-order valence-corrected chi connectivity index (χ0v) is 11.0. The van der Waals surface area contributed by atoms with E-state index in [1.807, 2.05) is 0 Å². The summed E-state index contributed by atoms with van der Waals surface area (Å²) in [5.74, 6) is -1.77. The Labute approximate surface area is 114 Å². The second kappa shape index (κ2) is 5.94. The van der Waals surface area contributed by atoms with Crippen molar-refractivity contribution in [2.45, 2.75) is 26.1 Å². The first-order chi connectivity index (χ1) is 9.12. The minimum Gasteiger partial charge on any atom is -0.368 e. The smallest absolute Gasteiger partial charge is 0.368 e. The molecule has 7 heteroatoms.